The average Bonchev–Trinajstić information content (AvgIpc) is 2.58. The highest BCUT2D eigenvalue weighted by atomic mass is 16.3. The summed E-state index contributed by atoms with van der Waals surface area (Å²) in [6.07, 6.45) is 3.76. The van der Waals surface area contributed by atoms with Crippen molar-refractivity contribution in [3.8, 4) is 0 Å². The van der Waals surface area contributed by atoms with Crippen LogP contribution in [0.25, 0.3) is 0 Å². The zero-order valence-corrected chi connectivity index (χ0v) is 14.2. The van der Waals surface area contributed by atoms with Crippen molar-refractivity contribution in [2.75, 3.05) is 11.9 Å². The fraction of sp³-hybridized carbons (Fsp3) is 0.556. The van der Waals surface area contributed by atoms with Crippen molar-refractivity contribution < 1.29 is 14.7 Å². The first-order valence-electron chi connectivity index (χ1n) is 8.68. The van der Waals surface area contributed by atoms with Crippen LogP contribution in [0.15, 0.2) is 24.3 Å². The van der Waals surface area contributed by atoms with E-state index in [4.69, 9.17) is 0 Å². The van der Waals surface area contributed by atoms with E-state index in [0.717, 1.165) is 36.9 Å². The molecule has 1 aromatic carbocycles. The van der Waals surface area contributed by atoms with Crippen molar-refractivity contribution in [3.63, 3.8) is 0 Å². The topological polar surface area (TPSA) is 90.5 Å². The Kier molecular flexibility index (Phi) is 7.06. The van der Waals surface area contributed by atoms with Crippen LogP contribution in [0.1, 0.15) is 44.6 Å². The maximum Gasteiger partial charge on any atom is 0.239 e. The number of para-hydroxylation sites is 1. The molecule has 0 aromatic heterocycles. The van der Waals surface area contributed by atoms with Gasteiger partial charge in [0.05, 0.1) is 12.6 Å². The van der Waals surface area contributed by atoms with Gasteiger partial charge >= 0.3 is 0 Å². The van der Waals surface area contributed by atoms with Gasteiger partial charge in [0.15, 0.2) is 0 Å². The Bertz CT molecular complexity index is 562. The van der Waals surface area contributed by atoms with Gasteiger partial charge in [-0.2, -0.15) is 0 Å². The number of anilines is 1. The summed E-state index contributed by atoms with van der Waals surface area (Å²) < 4.78 is 0. The number of fused-ring (bicyclic) bond motifs is 1. The van der Waals surface area contributed by atoms with E-state index in [1.54, 1.807) is 0 Å². The molecular weight excluding hydrogens is 306 g/mol. The Morgan fingerprint density at radius 3 is 2.58 bits per heavy atom. The number of aliphatic hydroxyl groups is 1. The maximum atomic E-state index is 12.0. The minimum Gasteiger partial charge on any atom is -0.372 e. The second-order valence-electron chi connectivity index (χ2n) is 6.17. The van der Waals surface area contributed by atoms with Crippen LogP contribution < -0.4 is 16.0 Å². The zero-order chi connectivity index (χ0) is 17.4. The van der Waals surface area contributed by atoms with E-state index < -0.39 is 12.3 Å². The second-order valence-corrected chi connectivity index (χ2v) is 6.17. The number of amides is 2. The molecule has 0 aliphatic carbocycles. The molecule has 6 heteroatoms. The lowest BCUT2D eigenvalue weighted by Gasteiger charge is -2.25. The molecule has 2 atom stereocenters. The van der Waals surface area contributed by atoms with Crippen LogP contribution >= 0.6 is 0 Å². The van der Waals surface area contributed by atoms with Crippen LogP contribution in [0.4, 0.5) is 5.69 Å². The van der Waals surface area contributed by atoms with Gasteiger partial charge in [0.2, 0.25) is 11.8 Å². The van der Waals surface area contributed by atoms with E-state index in [1.165, 1.54) is 0 Å². The van der Waals surface area contributed by atoms with Crippen LogP contribution in [0.5, 0.6) is 0 Å². The third kappa shape index (κ3) is 5.53. The third-order valence-corrected chi connectivity index (χ3v) is 4.28. The van der Waals surface area contributed by atoms with Crippen molar-refractivity contribution in [1.82, 2.24) is 10.6 Å². The number of rotatable bonds is 1. The SMILES string of the molecule is CCC1NC(=O)CNC(=O)CCCCCc2ccccc2NC1O. The highest BCUT2D eigenvalue weighted by Gasteiger charge is 2.20. The molecule has 0 saturated heterocycles. The number of hydrogen-bond acceptors (Lipinski definition) is 4. The summed E-state index contributed by atoms with van der Waals surface area (Å²) in [6, 6.07) is 7.46. The number of carbonyl (C=O) groups is 2. The predicted molar refractivity (Wildman–Crippen MR) is 93.5 cm³/mol. The largest absolute Gasteiger partial charge is 0.372 e. The van der Waals surface area contributed by atoms with Crippen LogP contribution in [0.2, 0.25) is 0 Å². The van der Waals surface area contributed by atoms with Crippen LogP contribution in [0, 0.1) is 0 Å². The highest BCUT2D eigenvalue weighted by Crippen LogP contribution is 2.20. The molecule has 0 radical (unpaired) electrons. The summed E-state index contributed by atoms with van der Waals surface area (Å²) in [6.45, 7) is 1.84. The Morgan fingerprint density at radius 1 is 1.04 bits per heavy atom. The van der Waals surface area contributed by atoms with Gasteiger partial charge in [-0.15, -0.1) is 0 Å². The first-order valence-corrected chi connectivity index (χ1v) is 8.68. The van der Waals surface area contributed by atoms with Gasteiger partial charge in [0, 0.05) is 12.1 Å². The van der Waals surface area contributed by atoms with Gasteiger partial charge in [-0.3, -0.25) is 9.59 Å². The van der Waals surface area contributed by atoms with Crippen LogP contribution in [-0.2, 0) is 16.0 Å². The quantitative estimate of drug-likeness (QED) is 0.627. The van der Waals surface area contributed by atoms with Crippen molar-refractivity contribution in [1.29, 1.82) is 0 Å². The smallest absolute Gasteiger partial charge is 0.239 e. The number of aliphatic hydroxyl groups excluding tert-OH is 1. The van der Waals surface area contributed by atoms with E-state index in [2.05, 4.69) is 16.0 Å². The minimum atomic E-state index is -0.888. The Labute approximate surface area is 143 Å². The van der Waals surface area contributed by atoms with Crippen molar-refractivity contribution in [2.24, 2.45) is 0 Å². The Hall–Kier alpha value is -2.08. The van der Waals surface area contributed by atoms with Crippen LogP contribution in [-0.4, -0.2) is 35.7 Å². The second kappa shape index (κ2) is 9.27. The van der Waals surface area contributed by atoms with Gasteiger partial charge in [0.1, 0.15) is 6.23 Å². The summed E-state index contributed by atoms with van der Waals surface area (Å²) in [5.41, 5.74) is 2.03. The molecule has 2 unspecified atom stereocenters. The Balaban J connectivity index is 2.14. The predicted octanol–water partition coefficient (Wildman–Crippen LogP) is 1.54. The molecule has 0 bridgehead atoms. The van der Waals surface area contributed by atoms with Crippen LogP contribution in [0.3, 0.4) is 0 Å². The number of nitrogens with one attached hydrogen (secondary N) is 3. The van der Waals surface area contributed by atoms with Crippen molar-refractivity contribution >= 4 is 17.5 Å². The molecule has 1 heterocycles. The molecule has 24 heavy (non-hydrogen) atoms. The summed E-state index contributed by atoms with van der Waals surface area (Å²) >= 11 is 0. The van der Waals surface area contributed by atoms with Gasteiger partial charge in [-0.1, -0.05) is 31.5 Å². The standard InChI is InChI=1S/C18H27N3O3/c1-2-14-18(24)21-15-10-7-6-9-13(15)8-4-3-5-11-16(22)19-12-17(23)20-14/h6-7,9-10,14,18,21,24H,2-5,8,11-12H2,1H3,(H,19,22)(H,20,23). The van der Waals surface area contributed by atoms with Gasteiger partial charge in [0.25, 0.3) is 0 Å². The molecular formula is C18H27N3O3. The normalized spacial score (nSPS) is 23.8. The fourth-order valence-electron chi connectivity index (χ4n) is 2.85. The lowest BCUT2D eigenvalue weighted by molar-refractivity contribution is -0.126. The number of hydrogen-bond donors (Lipinski definition) is 4. The summed E-state index contributed by atoms with van der Waals surface area (Å²) in [5.74, 6) is -0.397. The molecule has 132 valence electrons. The van der Waals surface area contributed by atoms with E-state index in [0.29, 0.717) is 12.8 Å². The highest BCUT2D eigenvalue weighted by molar-refractivity contribution is 5.84. The molecule has 0 fully saturated rings. The third-order valence-electron chi connectivity index (χ3n) is 4.28. The molecule has 4 N–H and O–H groups in total. The average molecular weight is 333 g/mol. The van der Waals surface area contributed by atoms with E-state index in [9.17, 15) is 14.7 Å². The van der Waals surface area contributed by atoms with Gasteiger partial charge in [-0.25, -0.2) is 0 Å². The Morgan fingerprint density at radius 2 is 1.79 bits per heavy atom. The first kappa shape index (κ1) is 18.3. The van der Waals surface area contributed by atoms with Gasteiger partial charge < -0.3 is 21.1 Å². The van der Waals surface area contributed by atoms with Gasteiger partial charge in [-0.05, 0) is 37.3 Å². The minimum absolute atomic E-state index is 0.0569. The fourth-order valence-corrected chi connectivity index (χ4v) is 2.85. The lowest BCUT2D eigenvalue weighted by Crippen LogP contribution is -2.49. The summed E-state index contributed by atoms with van der Waals surface area (Å²) in [5, 5.41) is 18.9. The van der Waals surface area contributed by atoms with E-state index in [-0.39, 0.29) is 18.4 Å². The molecule has 6 nitrogen and oxygen atoms in total. The number of benzene rings is 1. The summed E-state index contributed by atoms with van der Waals surface area (Å²) in [7, 11) is 0. The molecule has 1 aromatic rings. The molecule has 1 aliphatic rings. The number of carbonyl (C=O) groups excluding carboxylic acids is 2. The van der Waals surface area contributed by atoms with E-state index >= 15 is 0 Å². The van der Waals surface area contributed by atoms with Crippen molar-refractivity contribution in [2.45, 2.75) is 57.7 Å². The molecule has 0 saturated carbocycles. The first-order chi connectivity index (χ1) is 11.6. The van der Waals surface area contributed by atoms with Crippen molar-refractivity contribution in [3.05, 3.63) is 29.8 Å². The van der Waals surface area contributed by atoms with E-state index in [1.807, 2.05) is 31.2 Å². The summed E-state index contributed by atoms with van der Waals surface area (Å²) in [4.78, 5) is 23.7. The molecule has 0 spiro atoms. The molecule has 1 aliphatic heterocycles. The molecule has 2 amide bonds. The molecule has 2 rings (SSSR count). The maximum absolute atomic E-state index is 12.0. The zero-order valence-electron chi connectivity index (χ0n) is 14.2. The number of aryl methyl sites for hydroxylation is 1. The monoisotopic (exact) mass is 333 g/mol. The lowest BCUT2D eigenvalue weighted by atomic mass is 10.0.